The minimum Gasteiger partial charge on any atom is -0.256 e. The Labute approximate surface area is 340 Å². The van der Waals surface area contributed by atoms with Crippen molar-refractivity contribution in [1.29, 1.82) is 0 Å². The number of benzene rings is 8. The molecular formula is C53H32N4S. The van der Waals surface area contributed by atoms with Crippen molar-refractivity contribution in [3.63, 3.8) is 0 Å². The van der Waals surface area contributed by atoms with E-state index in [1.165, 1.54) is 38.3 Å². The summed E-state index contributed by atoms with van der Waals surface area (Å²) in [6, 6.07) is 67.1. The summed E-state index contributed by atoms with van der Waals surface area (Å²) in [7, 11) is 0. The molecule has 2 aromatic heterocycles. The fourth-order valence-corrected chi connectivity index (χ4v) is 10.8. The van der Waals surface area contributed by atoms with Gasteiger partial charge in [0.2, 0.25) is 0 Å². The molecule has 1 aliphatic heterocycles. The van der Waals surface area contributed by atoms with Crippen LogP contribution in [0.3, 0.4) is 0 Å². The van der Waals surface area contributed by atoms with Gasteiger partial charge in [-0.15, -0.1) is 0 Å². The molecule has 58 heavy (non-hydrogen) atoms. The first kappa shape index (κ1) is 33.0. The molecule has 4 nitrogen and oxygen atoms in total. The quantitative estimate of drug-likeness (QED) is 0.179. The van der Waals surface area contributed by atoms with Gasteiger partial charge in [-0.25, -0.2) is 15.0 Å². The average Bonchev–Trinajstić information content (AvgIpc) is 3.59. The van der Waals surface area contributed by atoms with E-state index in [9.17, 15) is 0 Å². The van der Waals surface area contributed by atoms with Crippen LogP contribution in [0.2, 0.25) is 0 Å². The van der Waals surface area contributed by atoms with Crippen molar-refractivity contribution in [2.24, 2.45) is 0 Å². The number of para-hydroxylation sites is 1. The molecular weight excluding hydrogens is 725 g/mol. The van der Waals surface area contributed by atoms with E-state index < -0.39 is 5.41 Å². The lowest BCUT2D eigenvalue weighted by molar-refractivity contribution is 0.723. The van der Waals surface area contributed by atoms with Gasteiger partial charge in [0, 0.05) is 43.6 Å². The highest BCUT2D eigenvalue weighted by Crippen LogP contribution is 2.64. The van der Waals surface area contributed by atoms with Gasteiger partial charge in [-0.3, -0.25) is 4.98 Å². The smallest absolute Gasteiger partial charge is 0.165 e. The molecule has 1 aliphatic carbocycles. The molecule has 0 unspecified atom stereocenters. The van der Waals surface area contributed by atoms with Crippen LogP contribution in [0, 0.1) is 0 Å². The van der Waals surface area contributed by atoms with E-state index in [1.54, 1.807) is 0 Å². The highest BCUT2D eigenvalue weighted by atomic mass is 32.2. The van der Waals surface area contributed by atoms with E-state index in [0.717, 1.165) is 54.4 Å². The summed E-state index contributed by atoms with van der Waals surface area (Å²) in [5, 5.41) is 3.36. The van der Waals surface area contributed by atoms with Gasteiger partial charge in [0.15, 0.2) is 17.5 Å². The minimum absolute atomic E-state index is 0.596. The summed E-state index contributed by atoms with van der Waals surface area (Å²) in [5.41, 5.74) is 13.1. The van der Waals surface area contributed by atoms with Crippen molar-refractivity contribution in [3.8, 4) is 56.4 Å². The SMILES string of the molecule is c1ccc(-c2nc(-c3cccc4c3Sc3c(-c5cccc6cccnc56)cccc3C43c4ccccc4-c4ccccc43)nc(-c3cccc4ccccc34)n2)cc1. The van der Waals surface area contributed by atoms with Crippen molar-refractivity contribution < 1.29 is 0 Å². The predicted molar refractivity (Wildman–Crippen MR) is 236 cm³/mol. The maximum Gasteiger partial charge on any atom is 0.165 e. The van der Waals surface area contributed by atoms with Crippen molar-refractivity contribution in [2.75, 3.05) is 0 Å². The molecule has 10 aromatic rings. The van der Waals surface area contributed by atoms with E-state index in [2.05, 4.69) is 164 Å². The zero-order valence-electron chi connectivity index (χ0n) is 31.2. The molecule has 0 radical (unpaired) electrons. The number of pyridine rings is 1. The van der Waals surface area contributed by atoms with Crippen LogP contribution in [-0.2, 0) is 5.41 Å². The summed E-state index contributed by atoms with van der Waals surface area (Å²) in [4.78, 5) is 23.2. The van der Waals surface area contributed by atoms with Gasteiger partial charge in [0.05, 0.1) is 10.9 Å². The van der Waals surface area contributed by atoms with E-state index in [0.29, 0.717) is 17.5 Å². The van der Waals surface area contributed by atoms with Crippen LogP contribution in [0.25, 0.3) is 78.1 Å². The molecule has 0 bridgehead atoms. The summed E-state index contributed by atoms with van der Waals surface area (Å²) in [6.07, 6.45) is 1.89. The second-order valence-corrected chi connectivity index (χ2v) is 15.9. The summed E-state index contributed by atoms with van der Waals surface area (Å²) >= 11 is 1.82. The van der Waals surface area contributed by atoms with Gasteiger partial charge in [0.25, 0.3) is 0 Å². The van der Waals surface area contributed by atoms with Crippen LogP contribution in [0.15, 0.2) is 204 Å². The zero-order chi connectivity index (χ0) is 38.2. The van der Waals surface area contributed by atoms with Crippen LogP contribution in [0.4, 0.5) is 0 Å². The maximum atomic E-state index is 5.39. The normalized spacial score (nSPS) is 13.2. The Kier molecular flexibility index (Phi) is 7.34. The second kappa shape index (κ2) is 12.9. The lowest BCUT2D eigenvalue weighted by Crippen LogP contribution is -2.32. The molecule has 3 heterocycles. The molecule has 0 fully saturated rings. The number of hydrogen-bond acceptors (Lipinski definition) is 5. The van der Waals surface area contributed by atoms with Gasteiger partial charge >= 0.3 is 0 Å². The Hall–Kier alpha value is -7.21. The second-order valence-electron chi connectivity index (χ2n) is 14.9. The molecule has 270 valence electrons. The molecule has 12 rings (SSSR count). The zero-order valence-corrected chi connectivity index (χ0v) is 32.0. The largest absolute Gasteiger partial charge is 0.256 e. The first-order chi connectivity index (χ1) is 28.8. The monoisotopic (exact) mass is 756 g/mol. The molecule has 5 heteroatoms. The average molecular weight is 757 g/mol. The van der Waals surface area contributed by atoms with E-state index in [1.807, 2.05) is 42.2 Å². The fourth-order valence-electron chi connectivity index (χ4n) is 9.41. The molecule has 0 saturated heterocycles. The molecule has 8 aromatic carbocycles. The molecule has 0 atom stereocenters. The number of fused-ring (bicyclic) bond motifs is 11. The van der Waals surface area contributed by atoms with Gasteiger partial charge in [-0.1, -0.05) is 194 Å². The molecule has 2 aliphatic rings. The van der Waals surface area contributed by atoms with Crippen LogP contribution >= 0.6 is 11.8 Å². The molecule has 0 saturated carbocycles. The number of rotatable bonds is 4. The lowest BCUT2D eigenvalue weighted by Gasteiger charge is -2.41. The highest BCUT2D eigenvalue weighted by molar-refractivity contribution is 7.99. The van der Waals surface area contributed by atoms with Crippen molar-refractivity contribution in [1.82, 2.24) is 19.9 Å². The topological polar surface area (TPSA) is 51.6 Å². The van der Waals surface area contributed by atoms with Crippen LogP contribution in [-0.4, -0.2) is 19.9 Å². The molecule has 0 N–H and O–H groups in total. The lowest BCUT2D eigenvalue weighted by atomic mass is 9.66. The van der Waals surface area contributed by atoms with Crippen molar-refractivity contribution >= 4 is 33.4 Å². The third-order valence-corrected chi connectivity index (χ3v) is 13.1. The summed E-state index contributed by atoms with van der Waals surface area (Å²) in [5.74, 6) is 1.93. The summed E-state index contributed by atoms with van der Waals surface area (Å²) < 4.78 is 0. The minimum atomic E-state index is -0.596. The van der Waals surface area contributed by atoms with Crippen LogP contribution < -0.4 is 0 Å². The van der Waals surface area contributed by atoms with Crippen LogP contribution in [0.1, 0.15) is 22.3 Å². The number of nitrogens with zero attached hydrogens (tertiary/aromatic N) is 4. The Morgan fingerprint density at radius 3 is 1.62 bits per heavy atom. The molecule has 1 spiro atoms. The fraction of sp³-hybridized carbons (Fsp3) is 0.0189. The molecule has 0 amide bonds. The van der Waals surface area contributed by atoms with Gasteiger partial charge in [-0.2, -0.15) is 0 Å². The number of hydrogen-bond donors (Lipinski definition) is 0. The third-order valence-electron chi connectivity index (χ3n) is 11.9. The van der Waals surface area contributed by atoms with E-state index in [-0.39, 0.29) is 0 Å². The van der Waals surface area contributed by atoms with E-state index >= 15 is 0 Å². The van der Waals surface area contributed by atoms with Crippen molar-refractivity contribution in [3.05, 3.63) is 217 Å². The highest BCUT2D eigenvalue weighted by Gasteiger charge is 2.51. The van der Waals surface area contributed by atoms with Gasteiger partial charge in [0.1, 0.15) is 0 Å². The number of aromatic nitrogens is 4. The Bertz CT molecular complexity index is 3230. The predicted octanol–water partition coefficient (Wildman–Crippen LogP) is 13.1. The Morgan fingerprint density at radius 1 is 0.345 bits per heavy atom. The van der Waals surface area contributed by atoms with Gasteiger partial charge < -0.3 is 0 Å². The third kappa shape index (κ3) is 4.77. The first-order valence-electron chi connectivity index (χ1n) is 19.6. The summed E-state index contributed by atoms with van der Waals surface area (Å²) in [6.45, 7) is 0. The van der Waals surface area contributed by atoms with Crippen molar-refractivity contribution in [2.45, 2.75) is 15.2 Å². The first-order valence-corrected chi connectivity index (χ1v) is 20.4. The van der Waals surface area contributed by atoms with E-state index in [4.69, 9.17) is 19.9 Å². The van der Waals surface area contributed by atoms with Crippen LogP contribution in [0.5, 0.6) is 0 Å². The Morgan fingerprint density at radius 2 is 0.845 bits per heavy atom. The standard InChI is InChI=1S/C53H32N4S/c1-2-16-35(17-3-1)50-55-51(41-26-10-18-33-15-4-5-21-36(33)41)57-52(56-50)42-27-13-31-46-49(42)58-48-40(39-24-11-19-34-20-14-32-54-47(34)39)25-12-30-45(48)53(46)43-28-8-6-22-37(43)38-23-7-9-29-44(38)53/h1-32H. The maximum absolute atomic E-state index is 5.39. The van der Waals surface area contributed by atoms with Gasteiger partial charge in [-0.05, 0) is 55.8 Å². The Balaban J connectivity index is 1.18.